The fraction of sp³-hybridized carbons (Fsp3) is 0.152. The van der Waals surface area contributed by atoms with Gasteiger partial charge in [0.05, 0.1) is 67.1 Å². The van der Waals surface area contributed by atoms with Crippen LogP contribution in [0, 0.1) is 11.3 Å². The van der Waals surface area contributed by atoms with Gasteiger partial charge in [0.1, 0.15) is 48.7 Å². The van der Waals surface area contributed by atoms with Gasteiger partial charge in [-0.15, -0.1) is 0 Å². The molecule has 0 aliphatic carbocycles. The van der Waals surface area contributed by atoms with Crippen LogP contribution in [0.1, 0.15) is 53.2 Å². The van der Waals surface area contributed by atoms with Gasteiger partial charge >= 0.3 is 29.8 Å². The topological polar surface area (TPSA) is 412 Å². The highest BCUT2D eigenvalue weighted by Crippen LogP contribution is 2.25. The van der Waals surface area contributed by atoms with E-state index in [0.29, 0.717) is 60.8 Å². The molecule has 25 nitrogen and oxygen atoms in total. The Morgan fingerprint density at radius 2 is 1.17 bits per heavy atom. The first kappa shape index (κ1) is 67.4. The number of ether oxygens (including phenoxy) is 1. The first-order chi connectivity index (χ1) is 36.3. The molecule has 0 saturated carbocycles. The molecule has 2 amide bonds. The molecule has 9 N–H and O–H groups in total. The van der Waals surface area contributed by atoms with Crippen LogP contribution in [0.5, 0.6) is 0 Å². The largest absolute Gasteiger partial charge is 0.481 e. The van der Waals surface area contributed by atoms with Crippen molar-refractivity contribution >= 4 is 133 Å². The second-order valence-electron chi connectivity index (χ2n) is 12.9. The van der Waals surface area contributed by atoms with Crippen molar-refractivity contribution in [3.05, 3.63) is 150 Å². The molecular formula is C46H45N5O20S5. The summed E-state index contributed by atoms with van der Waals surface area (Å²) >= 11 is 16.6. The average molecular weight is 1150 g/mol. The minimum atomic E-state index is -1.26. The van der Waals surface area contributed by atoms with Crippen molar-refractivity contribution in [2.24, 2.45) is 11.1 Å². The maximum Gasteiger partial charge on any atom is 0.354 e. The fourth-order valence-electron chi connectivity index (χ4n) is 4.23. The summed E-state index contributed by atoms with van der Waals surface area (Å²) in [6.07, 6.45) is 11.8. The van der Waals surface area contributed by atoms with Crippen LogP contribution in [0.2, 0.25) is 0 Å². The average Bonchev–Trinajstić information content (AvgIpc) is 4.21. The van der Waals surface area contributed by atoms with E-state index < -0.39 is 29.8 Å². The summed E-state index contributed by atoms with van der Waals surface area (Å²) in [6, 6.07) is 22.3. The van der Waals surface area contributed by atoms with E-state index in [9.17, 15) is 38.4 Å². The lowest BCUT2D eigenvalue weighted by Gasteiger charge is -1.93. The highest BCUT2D eigenvalue weighted by atomic mass is 32.2. The van der Waals surface area contributed by atoms with E-state index >= 15 is 0 Å². The molecule has 8 rings (SSSR count). The number of hydrogen-bond acceptors (Lipinski definition) is 25. The number of carboxylic acids is 3. The van der Waals surface area contributed by atoms with Crippen LogP contribution < -0.4 is 16.5 Å². The highest BCUT2D eigenvalue weighted by Gasteiger charge is 2.22. The monoisotopic (exact) mass is 1150 g/mol. The van der Waals surface area contributed by atoms with Crippen molar-refractivity contribution in [1.29, 1.82) is 5.26 Å². The molecule has 2 saturated heterocycles. The van der Waals surface area contributed by atoms with E-state index in [1.54, 1.807) is 91.4 Å². The Morgan fingerprint density at radius 1 is 0.711 bits per heavy atom. The van der Waals surface area contributed by atoms with E-state index in [0.717, 1.165) is 5.76 Å². The van der Waals surface area contributed by atoms with Gasteiger partial charge < -0.3 is 67.6 Å². The summed E-state index contributed by atoms with van der Waals surface area (Å²) in [6.45, 7) is 2.36. The summed E-state index contributed by atoms with van der Waals surface area (Å²) in [5.41, 5.74) is -0.343. The van der Waals surface area contributed by atoms with Crippen molar-refractivity contribution in [3.63, 3.8) is 0 Å². The summed E-state index contributed by atoms with van der Waals surface area (Å²) < 4.78 is 34.1. The van der Waals surface area contributed by atoms with Crippen LogP contribution >= 0.6 is 60.2 Å². The number of carbonyl (C=O) groups excluding carboxylic acids is 5. The Hall–Kier alpha value is -8.57. The molecule has 8 heterocycles. The molecule has 6 aromatic heterocycles. The lowest BCUT2D eigenvalue weighted by molar-refractivity contribution is -0.156. The molecule has 0 atom stereocenters. The molecule has 2 aliphatic heterocycles. The van der Waals surface area contributed by atoms with Crippen LogP contribution in [0.15, 0.2) is 147 Å². The summed E-state index contributed by atoms with van der Waals surface area (Å²) in [4.78, 5) is 81.9. The Labute approximate surface area is 454 Å². The summed E-state index contributed by atoms with van der Waals surface area (Å²) in [5, 5.41) is 55.6. The Bertz CT molecular complexity index is 2780. The molecule has 6 aromatic rings. The maximum absolute atomic E-state index is 11.2. The van der Waals surface area contributed by atoms with Gasteiger partial charge in [-0.2, -0.15) is 5.26 Å². The van der Waals surface area contributed by atoms with Crippen molar-refractivity contribution in [3.8, 4) is 6.07 Å². The van der Waals surface area contributed by atoms with Crippen molar-refractivity contribution in [2.45, 2.75) is 39.5 Å². The van der Waals surface area contributed by atoms with Gasteiger partial charge in [-0.1, -0.05) is 65.3 Å². The van der Waals surface area contributed by atoms with Gasteiger partial charge in [-0.3, -0.25) is 28.8 Å². The number of esters is 2. The minimum absolute atomic E-state index is 0.0150. The number of hydrogen-bond donors (Lipinski definition) is 8. The number of carbonyl (C=O) groups is 8. The van der Waals surface area contributed by atoms with Crippen LogP contribution in [0.25, 0.3) is 6.08 Å². The van der Waals surface area contributed by atoms with Gasteiger partial charge in [-0.25, -0.2) is 15.5 Å². The molecule has 2 fully saturated rings. The minimum Gasteiger partial charge on any atom is -0.481 e. The number of nitrogens with zero attached hydrogens (tertiary/aromatic N) is 2. The zero-order valence-corrected chi connectivity index (χ0v) is 43.5. The summed E-state index contributed by atoms with van der Waals surface area (Å²) in [7, 11) is 0. The number of furan rings is 6. The molecule has 2 aliphatic rings. The number of aldehydes is 1. The quantitative estimate of drug-likeness (QED) is 0.00978. The third kappa shape index (κ3) is 34.0. The number of nitrogens with one attached hydrogen (secondary N) is 2. The van der Waals surface area contributed by atoms with Crippen LogP contribution in [-0.2, 0) is 64.0 Å². The number of thioether (sulfide) groups is 2. The number of amides is 2. The van der Waals surface area contributed by atoms with Crippen molar-refractivity contribution < 1.29 is 95.3 Å². The molecule has 404 valence electrons. The van der Waals surface area contributed by atoms with E-state index in [4.69, 9.17) is 65.3 Å². The number of nitrogens with two attached hydrogens (primary N) is 1. The highest BCUT2D eigenvalue weighted by molar-refractivity contribution is 8.27. The molecule has 76 heavy (non-hydrogen) atoms. The lowest BCUT2D eigenvalue weighted by atomic mass is 10.2. The molecule has 0 aromatic carbocycles. The van der Waals surface area contributed by atoms with E-state index in [-0.39, 0.29) is 41.7 Å². The van der Waals surface area contributed by atoms with Crippen LogP contribution in [-0.4, -0.2) is 98.7 Å². The summed E-state index contributed by atoms with van der Waals surface area (Å²) in [5.74, 6) is 2.83. The van der Waals surface area contributed by atoms with Gasteiger partial charge in [0.2, 0.25) is 5.91 Å². The molecule has 0 spiro atoms. The fourth-order valence-corrected chi connectivity index (χ4v) is 6.21. The zero-order valence-electron chi connectivity index (χ0n) is 39.5. The SMILES string of the molecule is CC(=O)OC(C)=O.N#CCc1ccco1.NO.O=C(O)/C(Cc1ccco1)=N\O.O=C(O)C(=S)Cc1ccco1.O=C(O)Cc1ccco1.O=C1CSC(=S)N1.O=C1NC(=S)SC1=Cc1ccco1.O=Cc1ccco1. The van der Waals surface area contributed by atoms with Gasteiger partial charge in [0.25, 0.3) is 5.91 Å². The second-order valence-corrected chi connectivity index (χ2v) is 16.7. The second kappa shape index (κ2) is 40.9. The molecule has 0 radical (unpaired) electrons. The zero-order chi connectivity index (χ0) is 57.3. The Balaban J connectivity index is 0.000000851. The number of thiocarbonyl (C=S) groups is 3. The normalized spacial score (nSPS) is 11.9. The third-order valence-electron chi connectivity index (χ3n) is 7.16. The van der Waals surface area contributed by atoms with Gasteiger partial charge in [0, 0.05) is 26.3 Å². The van der Waals surface area contributed by atoms with Crippen molar-refractivity contribution in [2.75, 3.05) is 5.75 Å². The predicted molar refractivity (Wildman–Crippen MR) is 281 cm³/mol. The first-order valence-electron chi connectivity index (χ1n) is 20.3. The maximum atomic E-state index is 11.2. The Morgan fingerprint density at radius 3 is 1.46 bits per heavy atom. The molecule has 30 heteroatoms. The number of aliphatic carboxylic acids is 3. The smallest absolute Gasteiger partial charge is 0.354 e. The lowest BCUT2D eigenvalue weighted by Crippen LogP contribution is -2.18. The van der Waals surface area contributed by atoms with E-state index in [2.05, 4.69) is 55.3 Å². The molecule has 0 bridgehead atoms. The number of carboxylic acid groups (broad SMARTS) is 3. The third-order valence-corrected chi connectivity index (χ3v) is 9.87. The van der Waals surface area contributed by atoms with Crippen LogP contribution in [0.3, 0.4) is 0 Å². The van der Waals surface area contributed by atoms with Gasteiger partial charge in [-0.05, 0) is 72.8 Å². The predicted octanol–water partition coefficient (Wildman–Crippen LogP) is 6.69. The Kier molecular flexibility index (Phi) is 36.3. The van der Waals surface area contributed by atoms with E-state index in [1.807, 2.05) is 6.07 Å². The first-order valence-corrected chi connectivity index (χ1v) is 23.4. The number of nitriles is 1. The number of oxime groups is 1. The molecular weight excluding hydrogens is 1100 g/mol. The standard InChI is InChI=1S/C8H5NO2S2.C7H7NO4.C7H6O3S.C6H5NO.C6H6O3.C5H4O2.C4H6O3.C3H3NOS2.H3NO/c10-7-6(13-8(12)9-7)4-5-2-1-3-11-5;9-7(10)6(8-11)4-5-2-1-3-12-5;8-7(9)6(11)4-5-2-1-3-10-5;7-4-3-6-2-1-5-8-6;7-6(8)4-5-2-1-3-9-5;6-4-5-2-1-3-7-5;1-3(5)7-4(2)6;5-2-1-7-3(6)4-2;1-2/h1-4H,(H,9,10,12);1-3,11H,4H2,(H,9,10);1-3H,4H2,(H,8,9);1-2,5H,3H2;1-3H,4H2,(H,7,8);1-4H;1-2H3;1H2,(H,4,5,6);2H,1H2/b;8-6-;;;;;;;. The van der Waals surface area contributed by atoms with Gasteiger partial charge in [0.15, 0.2) is 17.8 Å². The van der Waals surface area contributed by atoms with Crippen LogP contribution in [0.4, 0.5) is 0 Å². The van der Waals surface area contributed by atoms with E-state index in [1.165, 1.54) is 62.4 Å². The molecule has 0 unspecified atom stereocenters. The number of rotatable bonds is 11. The van der Waals surface area contributed by atoms with Crippen molar-refractivity contribution in [1.82, 2.24) is 10.6 Å².